The Bertz CT molecular complexity index is 1250. The number of aliphatic hydroxyl groups is 1. The molecule has 4 rings (SSSR count). The van der Waals surface area contributed by atoms with Gasteiger partial charge in [0.1, 0.15) is 17.3 Å². The van der Waals surface area contributed by atoms with Gasteiger partial charge < -0.3 is 14.6 Å². The van der Waals surface area contributed by atoms with Gasteiger partial charge in [-0.05, 0) is 59.5 Å². The van der Waals surface area contributed by atoms with Crippen LogP contribution in [0.2, 0.25) is 0 Å². The number of hydrogen-bond donors (Lipinski definition) is 1. The van der Waals surface area contributed by atoms with Crippen molar-refractivity contribution in [2.75, 3.05) is 19.1 Å². The lowest BCUT2D eigenvalue weighted by molar-refractivity contribution is -0.132. The topological polar surface area (TPSA) is 76.1 Å². The monoisotopic (exact) mass is 457 g/mol. The van der Waals surface area contributed by atoms with Crippen molar-refractivity contribution in [1.82, 2.24) is 0 Å². The van der Waals surface area contributed by atoms with Crippen molar-refractivity contribution in [2.24, 2.45) is 0 Å². The number of nitrogens with zero attached hydrogens (tertiary/aromatic N) is 1. The molecule has 3 aromatic rings. The zero-order chi connectivity index (χ0) is 24.4. The highest BCUT2D eigenvalue weighted by Crippen LogP contribution is 2.43. The van der Waals surface area contributed by atoms with Gasteiger partial charge in [-0.2, -0.15) is 0 Å². The van der Waals surface area contributed by atoms with E-state index in [2.05, 4.69) is 0 Å². The Morgan fingerprint density at radius 2 is 1.59 bits per heavy atom. The molecule has 1 aliphatic heterocycles. The Kier molecular flexibility index (Phi) is 6.41. The molecule has 6 nitrogen and oxygen atoms in total. The van der Waals surface area contributed by atoms with E-state index in [4.69, 9.17) is 9.47 Å². The molecule has 1 N–H and O–H groups in total. The summed E-state index contributed by atoms with van der Waals surface area (Å²) in [7, 11) is 3.16. The molecule has 0 saturated carbocycles. The van der Waals surface area contributed by atoms with E-state index in [1.165, 1.54) is 4.90 Å². The minimum absolute atomic E-state index is 0.0406. The van der Waals surface area contributed by atoms with Crippen LogP contribution in [0.25, 0.3) is 5.76 Å². The lowest BCUT2D eigenvalue weighted by Crippen LogP contribution is -2.29. The third-order valence-electron chi connectivity index (χ3n) is 6.04. The Balaban J connectivity index is 1.93. The van der Waals surface area contributed by atoms with Gasteiger partial charge in [0, 0.05) is 11.3 Å². The summed E-state index contributed by atoms with van der Waals surface area (Å²) in [5.74, 6) is -0.163. The van der Waals surface area contributed by atoms with Gasteiger partial charge in [0.05, 0.1) is 25.8 Å². The minimum Gasteiger partial charge on any atom is -0.507 e. The number of carbonyl (C=O) groups is 2. The van der Waals surface area contributed by atoms with E-state index in [9.17, 15) is 14.7 Å². The third-order valence-corrected chi connectivity index (χ3v) is 6.04. The standard InChI is InChI=1S/C28H27NO5/c1-17(2)22-16-19(12-15-23(22)34-4)26(30)24-25(18-10-13-21(33-3)14-11-18)29(28(32)27(24)31)20-8-6-5-7-9-20/h5-17,25,30H,1-4H3/b26-24-. The molecule has 174 valence electrons. The van der Waals surface area contributed by atoms with Crippen LogP contribution in [-0.2, 0) is 9.59 Å². The maximum atomic E-state index is 13.3. The number of methoxy groups -OCH3 is 2. The highest BCUT2D eigenvalue weighted by molar-refractivity contribution is 6.51. The van der Waals surface area contributed by atoms with Gasteiger partial charge in [-0.1, -0.05) is 44.2 Å². The first-order valence-corrected chi connectivity index (χ1v) is 11.1. The van der Waals surface area contributed by atoms with E-state index in [0.29, 0.717) is 28.3 Å². The predicted molar refractivity (Wildman–Crippen MR) is 131 cm³/mol. The number of ether oxygens (including phenoxy) is 2. The summed E-state index contributed by atoms with van der Waals surface area (Å²) in [5.41, 5.74) is 2.64. The molecule has 1 fully saturated rings. The fourth-order valence-electron chi connectivity index (χ4n) is 4.28. The van der Waals surface area contributed by atoms with E-state index in [-0.39, 0.29) is 17.3 Å². The van der Waals surface area contributed by atoms with Crippen molar-refractivity contribution < 1.29 is 24.2 Å². The minimum atomic E-state index is -0.794. The van der Waals surface area contributed by atoms with Crippen molar-refractivity contribution in [2.45, 2.75) is 25.8 Å². The van der Waals surface area contributed by atoms with E-state index in [0.717, 1.165) is 5.56 Å². The van der Waals surface area contributed by atoms with E-state index < -0.39 is 17.7 Å². The molecular weight excluding hydrogens is 430 g/mol. The number of carbonyl (C=O) groups excluding carboxylic acids is 2. The van der Waals surface area contributed by atoms with Gasteiger partial charge in [-0.15, -0.1) is 0 Å². The zero-order valence-electron chi connectivity index (χ0n) is 19.6. The number of anilines is 1. The molecule has 0 bridgehead atoms. The molecule has 0 aromatic heterocycles. The van der Waals surface area contributed by atoms with Crippen LogP contribution in [0.5, 0.6) is 11.5 Å². The molecule has 0 spiro atoms. The van der Waals surface area contributed by atoms with Crippen LogP contribution in [0.3, 0.4) is 0 Å². The summed E-state index contributed by atoms with van der Waals surface area (Å²) in [6.45, 7) is 4.04. The zero-order valence-corrected chi connectivity index (χ0v) is 19.6. The van der Waals surface area contributed by atoms with Crippen LogP contribution in [0.1, 0.15) is 42.5 Å². The molecule has 1 amide bonds. The van der Waals surface area contributed by atoms with Crippen molar-refractivity contribution >= 4 is 23.1 Å². The quantitative estimate of drug-likeness (QED) is 0.302. The van der Waals surface area contributed by atoms with Gasteiger partial charge in [-0.3, -0.25) is 14.5 Å². The molecule has 1 atom stereocenters. The first-order chi connectivity index (χ1) is 16.4. The maximum Gasteiger partial charge on any atom is 0.300 e. The average Bonchev–Trinajstić information content (AvgIpc) is 3.13. The van der Waals surface area contributed by atoms with Crippen molar-refractivity contribution in [3.05, 3.63) is 95.1 Å². The molecule has 1 saturated heterocycles. The van der Waals surface area contributed by atoms with Gasteiger partial charge >= 0.3 is 0 Å². The van der Waals surface area contributed by atoms with Crippen LogP contribution in [0.15, 0.2) is 78.4 Å². The lowest BCUT2D eigenvalue weighted by Gasteiger charge is -2.25. The summed E-state index contributed by atoms with van der Waals surface area (Å²) in [6.07, 6.45) is 0. The van der Waals surface area contributed by atoms with Gasteiger partial charge in [0.25, 0.3) is 11.7 Å². The molecule has 3 aromatic carbocycles. The molecule has 6 heteroatoms. The molecule has 0 aliphatic carbocycles. The fourth-order valence-corrected chi connectivity index (χ4v) is 4.28. The smallest absolute Gasteiger partial charge is 0.300 e. The summed E-state index contributed by atoms with van der Waals surface area (Å²) >= 11 is 0. The number of para-hydroxylation sites is 1. The summed E-state index contributed by atoms with van der Waals surface area (Å²) in [6, 6.07) is 20.6. The van der Waals surface area contributed by atoms with Gasteiger partial charge in [0.15, 0.2) is 0 Å². The molecule has 0 radical (unpaired) electrons. The van der Waals surface area contributed by atoms with E-state index in [1.807, 2.05) is 19.9 Å². The lowest BCUT2D eigenvalue weighted by atomic mass is 9.93. The van der Waals surface area contributed by atoms with E-state index in [1.54, 1.807) is 80.9 Å². The highest BCUT2D eigenvalue weighted by Gasteiger charge is 2.47. The van der Waals surface area contributed by atoms with Gasteiger partial charge in [-0.25, -0.2) is 0 Å². The molecule has 1 aliphatic rings. The number of aliphatic hydroxyl groups excluding tert-OH is 1. The molecular formula is C28H27NO5. The van der Waals surface area contributed by atoms with Crippen LogP contribution >= 0.6 is 0 Å². The summed E-state index contributed by atoms with van der Waals surface area (Å²) in [5, 5.41) is 11.4. The first-order valence-electron chi connectivity index (χ1n) is 11.1. The Morgan fingerprint density at radius 3 is 2.18 bits per heavy atom. The fraction of sp³-hybridized carbons (Fsp3) is 0.214. The van der Waals surface area contributed by atoms with Crippen LogP contribution in [0, 0.1) is 0 Å². The van der Waals surface area contributed by atoms with Crippen molar-refractivity contribution in [3.63, 3.8) is 0 Å². The number of ketones is 1. The van der Waals surface area contributed by atoms with Crippen LogP contribution < -0.4 is 14.4 Å². The number of benzene rings is 3. The summed E-state index contributed by atoms with van der Waals surface area (Å²) < 4.78 is 10.7. The first kappa shape index (κ1) is 23.1. The van der Waals surface area contributed by atoms with Crippen LogP contribution in [0.4, 0.5) is 5.69 Å². The molecule has 1 heterocycles. The second-order valence-electron chi connectivity index (χ2n) is 8.39. The SMILES string of the molecule is COc1ccc(C2/C(=C(/O)c3ccc(OC)c(C(C)C)c3)C(=O)C(=O)N2c2ccccc2)cc1. The average molecular weight is 458 g/mol. The van der Waals surface area contributed by atoms with Gasteiger partial charge in [0.2, 0.25) is 0 Å². The number of hydrogen-bond acceptors (Lipinski definition) is 5. The maximum absolute atomic E-state index is 13.3. The second-order valence-corrected chi connectivity index (χ2v) is 8.39. The van der Waals surface area contributed by atoms with Crippen molar-refractivity contribution in [1.29, 1.82) is 0 Å². The summed E-state index contributed by atoms with van der Waals surface area (Å²) in [4.78, 5) is 27.9. The number of Topliss-reactive ketones (excluding diaryl/α,β-unsaturated/α-hetero) is 1. The Labute approximate surface area is 199 Å². The number of amides is 1. The largest absolute Gasteiger partial charge is 0.507 e. The Hall–Kier alpha value is -4.06. The molecule has 1 unspecified atom stereocenters. The highest BCUT2D eigenvalue weighted by atomic mass is 16.5. The van der Waals surface area contributed by atoms with Crippen LogP contribution in [-0.4, -0.2) is 31.0 Å². The Morgan fingerprint density at radius 1 is 0.912 bits per heavy atom. The predicted octanol–water partition coefficient (Wildman–Crippen LogP) is 5.45. The normalized spacial score (nSPS) is 17.3. The third kappa shape index (κ3) is 4.03. The second kappa shape index (κ2) is 9.43. The molecule has 34 heavy (non-hydrogen) atoms. The van der Waals surface area contributed by atoms with E-state index >= 15 is 0 Å². The van der Waals surface area contributed by atoms with Crippen molar-refractivity contribution in [3.8, 4) is 11.5 Å². The number of rotatable bonds is 6.